The summed E-state index contributed by atoms with van der Waals surface area (Å²) in [6.45, 7) is 2.40. The lowest BCUT2D eigenvalue weighted by atomic mass is 9.92. The zero-order chi connectivity index (χ0) is 16.5. The van der Waals surface area contributed by atoms with Gasteiger partial charge in [-0.3, -0.25) is 9.69 Å². The second-order valence-corrected chi connectivity index (χ2v) is 7.93. The van der Waals surface area contributed by atoms with E-state index in [1.807, 2.05) is 12.1 Å². The molecule has 24 heavy (non-hydrogen) atoms. The Morgan fingerprint density at radius 2 is 1.92 bits per heavy atom. The molecule has 1 aliphatic heterocycles. The van der Waals surface area contributed by atoms with Gasteiger partial charge >= 0.3 is 0 Å². The molecule has 3 nitrogen and oxygen atoms in total. The van der Waals surface area contributed by atoms with E-state index >= 15 is 0 Å². The third kappa shape index (κ3) is 3.34. The highest BCUT2D eigenvalue weighted by molar-refractivity contribution is 5.79. The molecule has 2 aliphatic carbocycles. The summed E-state index contributed by atoms with van der Waals surface area (Å²) in [5.74, 6) is 1.87. The number of likely N-dealkylation sites (tertiary alicyclic amines) is 1. The molecule has 0 spiro atoms. The summed E-state index contributed by atoms with van der Waals surface area (Å²) >= 11 is 0. The van der Waals surface area contributed by atoms with Gasteiger partial charge in [-0.15, -0.1) is 0 Å². The van der Waals surface area contributed by atoms with Crippen LogP contribution in [0.5, 0.6) is 0 Å². The molecule has 3 fully saturated rings. The normalized spacial score (nSPS) is 30.6. The number of fused-ring (bicyclic) bond motifs is 2. The Morgan fingerprint density at radius 3 is 2.58 bits per heavy atom. The van der Waals surface area contributed by atoms with Gasteiger partial charge in [0.2, 0.25) is 5.91 Å². The zero-order valence-electron chi connectivity index (χ0n) is 14.2. The summed E-state index contributed by atoms with van der Waals surface area (Å²) in [7, 11) is 0. The van der Waals surface area contributed by atoms with Crippen LogP contribution in [0.25, 0.3) is 0 Å². The van der Waals surface area contributed by atoms with Crippen molar-refractivity contribution >= 4 is 5.91 Å². The first-order valence-corrected chi connectivity index (χ1v) is 9.45. The first-order valence-electron chi connectivity index (χ1n) is 9.45. The van der Waals surface area contributed by atoms with E-state index in [4.69, 9.17) is 0 Å². The lowest BCUT2D eigenvalue weighted by Gasteiger charge is -2.33. The number of carbonyl (C=O) groups is 1. The molecule has 4 rings (SSSR count). The lowest BCUT2D eigenvalue weighted by Crippen LogP contribution is -2.45. The smallest absolute Gasteiger partial charge is 0.223 e. The van der Waals surface area contributed by atoms with Gasteiger partial charge in [0.25, 0.3) is 0 Å². The van der Waals surface area contributed by atoms with Gasteiger partial charge in [-0.25, -0.2) is 4.39 Å². The SMILES string of the molecule is O=C(N[C@@H]1C[C@H]2CC[C@@H]1C2)C1CCN(Cc2ccccc2F)CC1. The molecule has 1 aromatic rings. The zero-order valence-corrected chi connectivity index (χ0v) is 14.2. The number of hydrogen-bond donors (Lipinski definition) is 1. The number of rotatable bonds is 4. The van der Waals surface area contributed by atoms with Crippen molar-refractivity contribution in [2.75, 3.05) is 13.1 Å². The minimum absolute atomic E-state index is 0.131. The molecule has 2 saturated carbocycles. The standard InChI is InChI=1S/C20H27FN2O/c21-18-4-2-1-3-17(18)13-23-9-7-15(8-10-23)20(24)22-19-12-14-5-6-16(19)11-14/h1-4,14-16,19H,5-13H2,(H,22,24)/t14-,16+,19+/m0/s1. The van der Waals surface area contributed by atoms with Gasteiger partial charge in [-0.05, 0) is 63.1 Å². The van der Waals surface area contributed by atoms with E-state index in [9.17, 15) is 9.18 Å². The first-order chi connectivity index (χ1) is 11.7. The molecule has 3 atom stereocenters. The Hall–Kier alpha value is -1.42. The highest BCUT2D eigenvalue weighted by Gasteiger charge is 2.40. The van der Waals surface area contributed by atoms with E-state index in [-0.39, 0.29) is 17.6 Å². The molecule has 1 aromatic carbocycles. The van der Waals surface area contributed by atoms with Crippen molar-refractivity contribution in [3.8, 4) is 0 Å². The molecular weight excluding hydrogens is 303 g/mol. The number of nitrogens with zero attached hydrogens (tertiary/aromatic N) is 1. The van der Waals surface area contributed by atoms with Gasteiger partial charge in [0, 0.05) is 24.1 Å². The molecule has 0 radical (unpaired) electrons. The van der Waals surface area contributed by atoms with Gasteiger partial charge in [0.05, 0.1) is 0 Å². The van der Waals surface area contributed by atoms with E-state index in [1.165, 1.54) is 31.7 Å². The molecule has 0 unspecified atom stereocenters. The van der Waals surface area contributed by atoms with E-state index < -0.39 is 0 Å². The van der Waals surface area contributed by atoms with Gasteiger partial charge in [-0.2, -0.15) is 0 Å². The molecule has 2 bridgehead atoms. The fraction of sp³-hybridized carbons (Fsp3) is 0.650. The number of halogens is 1. The number of nitrogens with one attached hydrogen (secondary N) is 1. The molecule has 1 amide bonds. The minimum atomic E-state index is -0.131. The maximum absolute atomic E-state index is 13.8. The van der Waals surface area contributed by atoms with E-state index in [0.29, 0.717) is 12.6 Å². The second-order valence-electron chi connectivity index (χ2n) is 7.93. The summed E-state index contributed by atoms with van der Waals surface area (Å²) in [4.78, 5) is 14.8. The van der Waals surface area contributed by atoms with E-state index in [1.54, 1.807) is 6.07 Å². The van der Waals surface area contributed by atoms with Crippen LogP contribution in [0.4, 0.5) is 4.39 Å². The average Bonchev–Trinajstić information content (AvgIpc) is 3.20. The Balaban J connectivity index is 1.25. The second kappa shape index (κ2) is 6.83. The molecule has 0 aromatic heterocycles. The van der Waals surface area contributed by atoms with Crippen LogP contribution in [0.2, 0.25) is 0 Å². The average molecular weight is 330 g/mol. The Labute approximate surface area is 143 Å². The number of piperidine rings is 1. The van der Waals surface area contributed by atoms with Crippen molar-refractivity contribution in [1.82, 2.24) is 10.2 Å². The van der Waals surface area contributed by atoms with Crippen LogP contribution in [-0.4, -0.2) is 29.9 Å². The van der Waals surface area contributed by atoms with Crippen molar-refractivity contribution in [3.05, 3.63) is 35.6 Å². The Morgan fingerprint density at radius 1 is 1.12 bits per heavy atom. The number of hydrogen-bond acceptors (Lipinski definition) is 2. The monoisotopic (exact) mass is 330 g/mol. The van der Waals surface area contributed by atoms with Crippen LogP contribution >= 0.6 is 0 Å². The Kier molecular flexibility index (Phi) is 4.57. The summed E-state index contributed by atoms with van der Waals surface area (Å²) in [6, 6.07) is 7.42. The summed E-state index contributed by atoms with van der Waals surface area (Å²) < 4.78 is 13.8. The van der Waals surface area contributed by atoms with Crippen LogP contribution < -0.4 is 5.32 Å². The fourth-order valence-electron chi connectivity index (χ4n) is 4.94. The topological polar surface area (TPSA) is 32.3 Å². The van der Waals surface area contributed by atoms with Crippen LogP contribution in [-0.2, 0) is 11.3 Å². The van der Waals surface area contributed by atoms with Crippen LogP contribution in [0, 0.1) is 23.6 Å². The highest BCUT2D eigenvalue weighted by atomic mass is 19.1. The number of benzene rings is 1. The molecule has 130 valence electrons. The largest absolute Gasteiger partial charge is 0.353 e. The first kappa shape index (κ1) is 16.1. The third-order valence-electron chi connectivity index (χ3n) is 6.38. The van der Waals surface area contributed by atoms with Gasteiger partial charge in [-0.1, -0.05) is 24.6 Å². The molecule has 1 saturated heterocycles. The highest BCUT2D eigenvalue weighted by Crippen LogP contribution is 2.44. The van der Waals surface area contributed by atoms with Crippen molar-refractivity contribution in [2.24, 2.45) is 17.8 Å². The summed E-state index contributed by atoms with van der Waals surface area (Å²) in [5, 5.41) is 3.34. The van der Waals surface area contributed by atoms with Gasteiger partial charge < -0.3 is 5.32 Å². The van der Waals surface area contributed by atoms with Crippen LogP contribution in [0.1, 0.15) is 44.1 Å². The van der Waals surface area contributed by atoms with Crippen molar-refractivity contribution in [1.29, 1.82) is 0 Å². The van der Waals surface area contributed by atoms with Crippen molar-refractivity contribution in [2.45, 2.75) is 51.1 Å². The molecular formula is C20H27FN2O. The lowest BCUT2D eigenvalue weighted by molar-refractivity contribution is -0.127. The number of amides is 1. The predicted octanol–water partition coefficient (Wildman–Crippen LogP) is 3.34. The molecule has 1 N–H and O–H groups in total. The van der Waals surface area contributed by atoms with Crippen LogP contribution in [0.3, 0.4) is 0 Å². The molecule has 1 heterocycles. The third-order valence-corrected chi connectivity index (χ3v) is 6.38. The van der Waals surface area contributed by atoms with Crippen LogP contribution in [0.15, 0.2) is 24.3 Å². The number of carbonyl (C=O) groups excluding carboxylic acids is 1. The summed E-state index contributed by atoms with van der Waals surface area (Å²) in [6.07, 6.45) is 6.97. The maximum atomic E-state index is 13.8. The van der Waals surface area contributed by atoms with Crippen molar-refractivity contribution < 1.29 is 9.18 Å². The Bertz CT molecular complexity index is 597. The quantitative estimate of drug-likeness (QED) is 0.918. The van der Waals surface area contributed by atoms with Crippen molar-refractivity contribution in [3.63, 3.8) is 0 Å². The summed E-state index contributed by atoms with van der Waals surface area (Å²) in [5.41, 5.74) is 0.752. The maximum Gasteiger partial charge on any atom is 0.223 e. The molecule has 4 heteroatoms. The predicted molar refractivity (Wildman–Crippen MR) is 91.8 cm³/mol. The fourth-order valence-corrected chi connectivity index (χ4v) is 4.94. The van der Waals surface area contributed by atoms with E-state index in [2.05, 4.69) is 10.2 Å². The van der Waals surface area contributed by atoms with Gasteiger partial charge in [0.1, 0.15) is 5.82 Å². The molecule has 3 aliphatic rings. The van der Waals surface area contributed by atoms with E-state index in [0.717, 1.165) is 43.3 Å². The van der Waals surface area contributed by atoms with Gasteiger partial charge in [0.15, 0.2) is 0 Å². The minimum Gasteiger partial charge on any atom is -0.353 e.